The smallest absolute Gasteiger partial charge is 0.384 e. The summed E-state index contributed by atoms with van der Waals surface area (Å²) in [7, 11) is 0. The Morgan fingerprint density at radius 2 is 1.47 bits per heavy atom. The molecule has 0 aromatic heterocycles. The van der Waals surface area contributed by atoms with Gasteiger partial charge in [0.1, 0.15) is 11.5 Å². The lowest BCUT2D eigenvalue weighted by Gasteiger charge is -2.17. The molecule has 1 atom stereocenters. The maximum Gasteiger partial charge on any atom is 0.384 e. The molecule has 0 N–H and O–H groups in total. The third-order valence-electron chi connectivity index (χ3n) is 2.04. The zero-order chi connectivity index (χ0) is 13.9. The topological polar surface area (TPSA) is 18.5 Å². The van der Waals surface area contributed by atoms with E-state index in [0.717, 1.165) is 0 Å². The minimum Gasteiger partial charge on any atom is -0.425 e. The van der Waals surface area contributed by atoms with Gasteiger partial charge in [-0.3, -0.25) is 0 Å². The predicted octanol–water partition coefficient (Wildman–Crippen LogP) is 5.91. The van der Waals surface area contributed by atoms with Gasteiger partial charge in [0.15, 0.2) is 0 Å². The minimum absolute atomic E-state index is 0.472. The van der Waals surface area contributed by atoms with Crippen LogP contribution < -0.4 is 9.05 Å². The normalized spacial score (nSPS) is 13.6. The van der Waals surface area contributed by atoms with Crippen molar-refractivity contribution in [2.75, 3.05) is 0 Å². The number of rotatable bonds is 4. The van der Waals surface area contributed by atoms with E-state index in [9.17, 15) is 0 Å². The summed E-state index contributed by atoms with van der Waals surface area (Å²) >= 11 is 22.9. The molecule has 0 fully saturated rings. The van der Waals surface area contributed by atoms with Crippen LogP contribution in [0.25, 0.3) is 0 Å². The number of benzene rings is 2. The van der Waals surface area contributed by atoms with Gasteiger partial charge in [-0.15, -0.1) is 0 Å². The highest BCUT2D eigenvalue weighted by atomic mass is 35.7. The average molecular weight is 354 g/mol. The van der Waals surface area contributed by atoms with E-state index in [1.807, 2.05) is 0 Å². The summed E-state index contributed by atoms with van der Waals surface area (Å²) in [5.74, 6) is -1.99. The van der Waals surface area contributed by atoms with Crippen molar-refractivity contribution in [2.45, 2.75) is 0 Å². The third kappa shape index (κ3) is 4.87. The van der Waals surface area contributed by atoms with Gasteiger partial charge in [0.2, 0.25) is 0 Å². The SMILES string of the molecule is S=P(Cl)(Oc1ccc(Cl)cc1)Oc1cccc(Cl)c1. The van der Waals surface area contributed by atoms with E-state index in [1.54, 1.807) is 48.5 Å². The molecule has 0 saturated carbocycles. The van der Waals surface area contributed by atoms with Crippen LogP contribution in [0.15, 0.2) is 48.5 Å². The fraction of sp³-hybridized carbons (Fsp3) is 0. The second-order valence-electron chi connectivity index (χ2n) is 3.52. The summed E-state index contributed by atoms with van der Waals surface area (Å²) in [5.41, 5.74) is 0. The van der Waals surface area contributed by atoms with E-state index >= 15 is 0 Å². The molecule has 7 heteroatoms. The van der Waals surface area contributed by atoms with Crippen LogP contribution in [0.2, 0.25) is 10.0 Å². The Labute approximate surface area is 131 Å². The average Bonchev–Trinajstić information content (AvgIpc) is 2.31. The summed E-state index contributed by atoms with van der Waals surface area (Å²) in [4.78, 5) is 0. The van der Waals surface area contributed by atoms with Crippen LogP contribution in [-0.2, 0) is 11.8 Å². The Morgan fingerprint density at radius 3 is 2.11 bits per heavy atom. The molecule has 2 rings (SSSR count). The second-order valence-corrected chi connectivity index (χ2v) is 9.00. The van der Waals surface area contributed by atoms with E-state index < -0.39 is 5.84 Å². The van der Waals surface area contributed by atoms with Crippen molar-refractivity contribution in [3.05, 3.63) is 58.6 Å². The van der Waals surface area contributed by atoms with Crippen LogP contribution in [-0.4, -0.2) is 0 Å². The lowest BCUT2D eigenvalue weighted by atomic mass is 10.3. The van der Waals surface area contributed by atoms with Crippen molar-refractivity contribution in [2.24, 2.45) is 0 Å². The Balaban J connectivity index is 2.10. The summed E-state index contributed by atoms with van der Waals surface area (Å²) < 4.78 is 10.9. The standard InChI is InChI=1S/C12H8Cl3O2PS/c13-9-4-6-11(7-5-9)16-18(15,19)17-12-3-1-2-10(14)8-12/h1-8H. The zero-order valence-electron chi connectivity index (χ0n) is 9.42. The van der Waals surface area contributed by atoms with E-state index in [2.05, 4.69) is 0 Å². The number of hydrogen-bond acceptors (Lipinski definition) is 3. The maximum absolute atomic E-state index is 6.10. The summed E-state index contributed by atoms with van der Waals surface area (Å²) in [5, 5.41) is 1.14. The minimum atomic E-state index is -2.97. The van der Waals surface area contributed by atoms with E-state index in [-0.39, 0.29) is 0 Å². The highest BCUT2D eigenvalue weighted by Crippen LogP contribution is 2.53. The molecule has 0 heterocycles. The van der Waals surface area contributed by atoms with E-state index in [0.29, 0.717) is 21.5 Å². The van der Waals surface area contributed by atoms with Crippen molar-refractivity contribution in [1.82, 2.24) is 0 Å². The molecule has 0 radical (unpaired) electrons. The molecule has 0 bridgehead atoms. The van der Waals surface area contributed by atoms with E-state index in [4.69, 9.17) is 55.3 Å². The fourth-order valence-corrected chi connectivity index (χ4v) is 3.37. The molecule has 0 aliphatic carbocycles. The van der Waals surface area contributed by atoms with Crippen LogP contribution in [0, 0.1) is 0 Å². The molecule has 0 aliphatic heterocycles. The summed E-state index contributed by atoms with van der Waals surface area (Å²) in [6, 6.07) is 13.5. The van der Waals surface area contributed by atoms with Crippen LogP contribution >= 0.6 is 40.3 Å². The number of halogens is 3. The van der Waals surface area contributed by atoms with Crippen molar-refractivity contribution in [1.29, 1.82) is 0 Å². The molecule has 0 saturated heterocycles. The first kappa shape index (κ1) is 15.0. The Hall–Kier alpha value is -0.440. The molecule has 1 unspecified atom stereocenters. The van der Waals surface area contributed by atoms with Gasteiger partial charge in [-0.1, -0.05) is 29.3 Å². The van der Waals surface area contributed by atoms with Crippen molar-refractivity contribution >= 4 is 52.1 Å². The van der Waals surface area contributed by atoms with Crippen molar-refractivity contribution in [3.8, 4) is 11.5 Å². The van der Waals surface area contributed by atoms with Crippen LogP contribution in [0.3, 0.4) is 0 Å². The van der Waals surface area contributed by atoms with Gasteiger partial charge in [0.05, 0.1) is 0 Å². The Bertz CT molecular complexity index is 619. The Morgan fingerprint density at radius 1 is 0.842 bits per heavy atom. The second kappa shape index (κ2) is 6.34. The van der Waals surface area contributed by atoms with Crippen LogP contribution in [0.5, 0.6) is 11.5 Å². The highest BCUT2D eigenvalue weighted by Gasteiger charge is 2.19. The zero-order valence-corrected chi connectivity index (χ0v) is 13.4. The van der Waals surface area contributed by atoms with Gasteiger partial charge in [-0.2, -0.15) is 0 Å². The lowest BCUT2D eigenvalue weighted by Crippen LogP contribution is -1.94. The van der Waals surface area contributed by atoms with Crippen molar-refractivity contribution < 1.29 is 9.05 Å². The molecular weight excluding hydrogens is 346 g/mol. The van der Waals surface area contributed by atoms with Gasteiger partial charge in [-0.05, 0) is 53.7 Å². The molecule has 0 amide bonds. The van der Waals surface area contributed by atoms with Crippen molar-refractivity contribution in [3.63, 3.8) is 0 Å². The van der Waals surface area contributed by atoms with Crippen LogP contribution in [0.1, 0.15) is 0 Å². The molecule has 2 aromatic rings. The molecular formula is C12H8Cl3O2PS. The molecule has 0 spiro atoms. The van der Waals surface area contributed by atoms with Gasteiger partial charge in [-0.25, -0.2) is 0 Å². The monoisotopic (exact) mass is 352 g/mol. The van der Waals surface area contributed by atoms with Gasteiger partial charge in [0.25, 0.3) is 0 Å². The van der Waals surface area contributed by atoms with Gasteiger partial charge >= 0.3 is 5.84 Å². The molecule has 2 nitrogen and oxygen atoms in total. The van der Waals surface area contributed by atoms with Crippen LogP contribution in [0.4, 0.5) is 0 Å². The fourth-order valence-electron chi connectivity index (χ4n) is 1.29. The Kier molecular flexibility index (Phi) is 4.99. The largest absolute Gasteiger partial charge is 0.425 e. The molecule has 100 valence electrons. The molecule has 19 heavy (non-hydrogen) atoms. The van der Waals surface area contributed by atoms with E-state index in [1.165, 1.54) is 0 Å². The molecule has 2 aromatic carbocycles. The lowest BCUT2D eigenvalue weighted by molar-refractivity contribution is 0.505. The predicted molar refractivity (Wildman–Crippen MR) is 84.3 cm³/mol. The quantitative estimate of drug-likeness (QED) is 0.636. The summed E-state index contributed by atoms with van der Waals surface area (Å²) in [6.07, 6.45) is 0. The van der Waals surface area contributed by atoms with Gasteiger partial charge in [0, 0.05) is 21.9 Å². The first-order chi connectivity index (χ1) is 8.94. The number of hydrogen-bond donors (Lipinski definition) is 0. The first-order valence-corrected chi connectivity index (χ1v) is 9.44. The highest BCUT2D eigenvalue weighted by molar-refractivity contribution is 8.22. The third-order valence-corrected chi connectivity index (χ3v) is 4.24. The molecule has 0 aliphatic rings. The summed E-state index contributed by atoms with van der Waals surface area (Å²) in [6.45, 7) is 0. The first-order valence-electron chi connectivity index (χ1n) is 5.15. The van der Waals surface area contributed by atoms with Gasteiger partial charge < -0.3 is 9.05 Å². The maximum atomic E-state index is 6.10.